The third-order valence-electron chi connectivity index (χ3n) is 6.18. The molecule has 21 heavy (non-hydrogen) atoms. The van der Waals surface area contributed by atoms with E-state index in [-0.39, 0.29) is 0 Å². The standard InChI is InChI=1S/C19H29NO/c1-2-3-4-6-15-7-5-8-19-18(15)12-11-16-9-10-17(13-14-21)20(16)19/h1,3-4,15-19,21H,5-14H2/b4-3-/t15-,16-,17+,18-,19+/m1/s1. The van der Waals surface area contributed by atoms with E-state index in [2.05, 4.69) is 16.9 Å². The molecule has 0 aromatic carbocycles. The van der Waals surface area contributed by atoms with Crippen molar-refractivity contribution in [3.05, 3.63) is 12.2 Å². The smallest absolute Gasteiger partial charge is 0.0445 e. The quantitative estimate of drug-likeness (QED) is 0.802. The summed E-state index contributed by atoms with van der Waals surface area (Å²) in [5.41, 5.74) is 0. The van der Waals surface area contributed by atoms with Crippen LogP contribution in [0.25, 0.3) is 0 Å². The monoisotopic (exact) mass is 287 g/mol. The lowest BCUT2D eigenvalue weighted by molar-refractivity contribution is -0.0166. The van der Waals surface area contributed by atoms with Crippen molar-refractivity contribution < 1.29 is 5.11 Å². The summed E-state index contributed by atoms with van der Waals surface area (Å²) in [5.74, 6) is 4.30. The Morgan fingerprint density at radius 2 is 2.00 bits per heavy atom. The highest BCUT2D eigenvalue weighted by Gasteiger charge is 2.46. The second kappa shape index (κ2) is 6.99. The molecule has 0 aromatic rings. The molecule has 2 heteroatoms. The Balaban J connectivity index is 1.71. The van der Waals surface area contributed by atoms with Crippen molar-refractivity contribution in [2.45, 2.75) is 75.9 Å². The van der Waals surface area contributed by atoms with E-state index in [9.17, 15) is 5.11 Å². The van der Waals surface area contributed by atoms with Gasteiger partial charge in [0.2, 0.25) is 0 Å². The Kier molecular flexibility index (Phi) is 5.03. The molecule has 0 amide bonds. The fourth-order valence-corrected chi connectivity index (χ4v) is 5.38. The van der Waals surface area contributed by atoms with E-state index in [1.54, 1.807) is 0 Å². The molecule has 116 valence electrons. The van der Waals surface area contributed by atoms with Crippen molar-refractivity contribution >= 4 is 0 Å². The van der Waals surface area contributed by atoms with Gasteiger partial charge < -0.3 is 5.11 Å². The molecule has 2 nitrogen and oxygen atoms in total. The van der Waals surface area contributed by atoms with Crippen LogP contribution in [0.15, 0.2) is 12.2 Å². The van der Waals surface area contributed by atoms with E-state index in [1.165, 1.54) is 44.9 Å². The van der Waals surface area contributed by atoms with Gasteiger partial charge in [-0.05, 0) is 69.3 Å². The highest BCUT2D eigenvalue weighted by molar-refractivity contribution is 5.10. The minimum absolute atomic E-state index is 0.347. The van der Waals surface area contributed by atoms with E-state index < -0.39 is 0 Å². The third kappa shape index (κ3) is 3.05. The van der Waals surface area contributed by atoms with Crippen LogP contribution in [0.2, 0.25) is 0 Å². The average Bonchev–Trinajstić information content (AvgIpc) is 2.92. The third-order valence-corrected chi connectivity index (χ3v) is 6.18. The first-order valence-electron chi connectivity index (χ1n) is 8.84. The number of hydrogen-bond acceptors (Lipinski definition) is 2. The molecular weight excluding hydrogens is 258 g/mol. The minimum atomic E-state index is 0.347. The molecule has 2 heterocycles. The zero-order valence-electron chi connectivity index (χ0n) is 13.1. The first-order valence-corrected chi connectivity index (χ1v) is 8.84. The summed E-state index contributed by atoms with van der Waals surface area (Å²) < 4.78 is 0. The van der Waals surface area contributed by atoms with Crippen LogP contribution in [-0.2, 0) is 0 Å². The molecule has 0 unspecified atom stereocenters. The van der Waals surface area contributed by atoms with Crippen molar-refractivity contribution in [2.75, 3.05) is 6.61 Å². The zero-order valence-corrected chi connectivity index (χ0v) is 13.1. The van der Waals surface area contributed by atoms with Crippen LogP contribution in [0.5, 0.6) is 0 Å². The molecule has 1 saturated carbocycles. The van der Waals surface area contributed by atoms with Crippen LogP contribution in [0.3, 0.4) is 0 Å². The summed E-state index contributed by atoms with van der Waals surface area (Å²) in [7, 11) is 0. The first-order chi connectivity index (χ1) is 10.3. The molecule has 5 atom stereocenters. The average molecular weight is 287 g/mol. The molecule has 0 aromatic heterocycles. The van der Waals surface area contributed by atoms with E-state index in [1.807, 2.05) is 6.08 Å². The number of rotatable bonds is 4. The molecule has 1 N–H and O–H groups in total. The second-order valence-corrected chi connectivity index (χ2v) is 7.15. The van der Waals surface area contributed by atoms with Gasteiger partial charge in [-0.25, -0.2) is 0 Å². The molecular formula is C19H29NO. The summed E-state index contributed by atoms with van der Waals surface area (Å²) in [6.07, 6.45) is 21.1. The molecule has 2 aliphatic heterocycles. The minimum Gasteiger partial charge on any atom is -0.396 e. The van der Waals surface area contributed by atoms with Crippen LogP contribution in [0.4, 0.5) is 0 Å². The maximum atomic E-state index is 9.35. The van der Waals surface area contributed by atoms with Crippen molar-refractivity contribution in [1.29, 1.82) is 0 Å². The van der Waals surface area contributed by atoms with Crippen LogP contribution in [-0.4, -0.2) is 34.7 Å². The summed E-state index contributed by atoms with van der Waals surface area (Å²) >= 11 is 0. The van der Waals surface area contributed by atoms with Crippen molar-refractivity contribution in [3.63, 3.8) is 0 Å². The van der Waals surface area contributed by atoms with Gasteiger partial charge in [-0.1, -0.05) is 18.4 Å². The molecule has 0 bridgehead atoms. The number of hydrogen-bond donors (Lipinski definition) is 1. The van der Waals surface area contributed by atoms with Crippen LogP contribution >= 0.6 is 0 Å². The SMILES string of the molecule is C#C/C=C\C[C@@H]1CCC[C@H]2[C@@H]1CC[C@H]1CC[C@@H](CCO)N12. The number of aliphatic hydroxyl groups excluding tert-OH is 1. The Morgan fingerprint density at radius 1 is 1.14 bits per heavy atom. The van der Waals surface area contributed by atoms with Crippen molar-refractivity contribution in [1.82, 2.24) is 4.90 Å². The molecule has 0 spiro atoms. The van der Waals surface area contributed by atoms with Gasteiger partial charge >= 0.3 is 0 Å². The molecule has 3 fully saturated rings. The number of terminal acetylenes is 1. The van der Waals surface area contributed by atoms with Crippen LogP contribution < -0.4 is 0 Å². The van der Waals surface area contributed by atoms with Gasteiger partial charge in [0.1, 0.15) is 0 Å². The van der Waals surface area contributed by atoms with Gasteiger partial charge in [-0.3, -0.25) is 4.90 Å². The van der Waals surface area contributed by atoms with Crippen LogP contribution in [0, 0.1) is 24.2 Å². The Morgan fingerprint density at radius 3 is 2.81 bits per heavy atom. The summed E-state index contributed by atoms with van der Waals surface area (Å²) in [4.78, 5) is 2.83. The van der Waals surface area contributed by atoms with Crippen molar-refractivity contribution in [3.8, 4) is 12.3 Å². The number of allylic oxidation sites excluding steroid dienone is 2. The van der Waals surface area contributed by atoms with Gasteiger partial charge in [0.25, 0.3) is 0 Å². The predicted octanol–water partition coefficient (Wildman–Crippen LogP) is 3.36. The maximum absolute atomic E-state index is 9.35. The van der Waals surface area contributed by atoms with E-state index in [0.29, 0.717) is 12.6 Å². The highest BCUT2D eigenvalue weighted by atomic mass is 16.3. The topological polar surface area (TPSA) is 23.5 Å². The van der Waals surface area contributed by atoms with Gasteiger partial charge in [0, 0.05) is 24.7 Å². The Bertz CT molecular complexity index is 410. The molecule has 2 saturated heterocycles. The molecule has 3 aliphatic rings. The van der Waals surface area contributed by atoms with Gasteiger partial charge in [0.05, 0.1) is 0 Å². The normalized spacial score (nSPS) is 39.9. The lowest BCUT2D eigenvalue weighted by Gasteiger charge is -2.51. The summed E-state index contributed by atoms with van der Waals surface area (Å²) in [6, 6.07) is 2.23. The first kappa shape index (κ1) is 15.1. The fourth-order valence-electron chi connectivity index (χ4n) is 5.38. The van der Waals surface area contributed by atoms with Gasteiger partial charge in [-0.15, -0.1) is 6.42 Å². The number of nitrogens with zero attached hydrogens (tertiary/aromatic N) is 1. The van der Waals surface area contributed by atoms with E-state index in [4.69, 9.17) is 6.42 Å². The molecule has 1 aliphatic carbocycles. The Hall–Kier alpha value is -0.780. The largest absolute Gasteiger partial charge is 0.396 e. The van der Waals surface area contributed by atoms with Crippen LogP contribution in [0.1, 0.15) is 57.8 Å². The lowest BCUT2D eigenvalue weighted by Crippen LogP contribution is -2.54. The summed E-state index contributed by atoms with van der Waals surface area (Å²) in [5, 5.41) is 9.35. The fraction of sp³-hybridized carbons (Fsp3) is 0.789. The summed E-state index contributed by atoms with van der Waals surface area (Å²) in [6.45, 7) is 0.347. The predicted molar refractivity (Wildman–Crippen MR) is 86.8 cm³/mol. The van der Waals surface area contributed by atoms with Gasteiger partial charge in [-0.2, -0.15) is 0 Å². The lowest BCUT2D eigenvalue weighted by atomic mass is 9.69. The molecule has 3 rings (SSSR count). The number of aliphatic hydroxyl groups is 1. The Labute approximate surface area is 129 Å². The molecule has 0 radical (unpaired) electrons. The number of fused-ring (bicyclic) bond motifs is 3. The number of piperidine rings is 1. The van der Waals surface area contributed by atoms with E-state index in [0.717, 1.165) is 36.8 Å². The maximum Gasteiger partial charge on any atom is 0.0445 e. The van der Waals surface area contributed by atoms with Gasteiger partial charge in [0.15, 0.2) is 0 Å². The second-order valence-electron chi connectivity index (χ2n) is 7.15. The highest BCUT2D eigenvalue weighted by Crippen LogP contribution is 2.47. The zero-order chi connectivity index (χ0) is 14.7. The van der Waals surface area contributed by atoms with Crippen molar-refractivity contribution in [2.24, 2.45) is 11.8 Å². The van der Waals surface area contributed by atoms with E-state index >= 15 is 0 Å².